The fourth-order valence-electron chi connectivity index (χ4n) is 2.48. The predicted molar refractivity (Wildman–Crippen MR) is 92.8 cm³/mol. The van der Waals surface area contributed by atoms with Crippen molar-refractivity contribution in [3.05, 3.63) is 59.2 Å². The van der Waals surface area contributed by atoms with E-state index >= 15 is 0 Å². The molecule has 0 aliphatic rings. The minimum atomic E-state index is -0.108. The summed E-state index contributed by atoms with van der Waals surface area (Å²) in [5.41, 5.74) is 3.85. The molecule has 0 spiro atoms. The Kier molecular flexibility index (Phi) is 3.94. The van der Waals surface area contributed by atoms with Crippen molar-refractivity contribution in [1.29, 1.82) is 0 Å². The largest absolute Gasteiger partial charge is 0.298 e. The summed E-state index contributed by atoms with van der Waals surface area (Å²) in [4.78, 5) is 17.0. The number of amides is 1. The zero-order valence-corrected chi connectivity index (χ0v) is 13.7. The van der Waals surface area contributed by atoms with Gasteiger partial charge in [-0.05, 0) is 36.1 Å². The monoisotopic (exact) mass is 310 g/mol. The number of hydrogen-bond donors (Lipinski definition) is 1. The third-order valence-corrected chi connectivity index (χ3v) is 4.62. The molecule has 22 heavy (non-hydrogen) atoms. The molecule has 3 rings (SSSR count). The molecule has 4 heteroatoms. The van der Waals surface area contributed by atoms with Gasteiger partial charge < -0.3 is 0 Å². The molecule has 0 bridgehead atoms. The number of para-hydroxylation sites is 1. The van der Waals surface area contributed by atoms with Crippen molar-refractivity contribution in [2.24, 2.45) is 0 Å². The van der Waals surface area contributed by atoms with Gasteiger partial charge in [0, 0.05) is 5.56 Å². The fourth-order valence-corrected chi connectivity index (χ4v) is 3.38. The number of benzene rings is 2. The van der Waals surface area contributed by atoms with Crippen LogP contribution in [0.4, 0.5) is 5.13 Å². The second-order valence-corrected chi connectivity index (χ2v) is 6.67. The van der Waals surface area contributed by atoms with Crippen LogP contribution in [0.3, 0.4) is 0 Å². The molecule has 112 valence electrons. The molecule has 3 nitrogen and oxygen atoms in total. The molecule has 0 aliphatic carbocycles. The molecule has 2 aromatic carbocycles. The maximum Gasteiger partial charge on any atom is 0.257 e. The predicted octanol–water partition coefficient (Wildman–Crippen LogP) is 4.98. The molecule has 0 unspecified atom stereocenters. The third-order valence-electron chi connectivity index (χ3n) is 3.68. The van der Waals surface area contributed by atoms with Crippen molar-refractivity contribution in [1.82, 2.24) is 4.98 Å². The highest BCUT2D eigenvalue weighted by Crippen LogP contribution is 2.31. The molecule has 0 aliphatic heterocycles. The van der Waals surface area contributed by atoms with E-state index in [0.29, 0.717) is 16.6 Å². The van der Waals surface area contributed by atoms with E-state index < -0.39 is 0 Å². The first-order valence-corrected chi connectivity index (χ1v) is 8.14. The maximum absolute atomic E-state index is 12.4. The lowest BCUT2D eigenvalue weighted by Crippen LogP contribution is -2.12. The van der Waals surface area contributed by atoms with Crippen LogP contribution in [0.1, 0.15) is 41.3 Å². The normalized spacial score (nSPS) is 11.1. The highest BCUT2D eigenvalue weighted by Gasteiger charge is 2.14. The second kappa shape index (κ2) is 5.89. The Bertz CT molecular complexity index is 836. The average molecular weight is 310 g/mol. The quantitative estimate of drug-likeness (QED) is 0.741. The number of nitrogens with one attached hydrogen (secondary N) is 1. The Hall–Kier alpha value is -2.20. The highest BCUT2D eigenvalue weighted by molar-refractivity contribution is 7.22. The number of thiazole rings is 1. The molecule has 0 atom stereocenters. The molecule has 0 saturated heterocycles. The first-order chi connectivity index (χ1) is 10.6. The van der Waals surface area contributed by atoms with Crippen molar-refractivity contribution in [3.63, 3.8) is 0 Å². The number of carbonyl (C=O) groups excluding carboxylic acids is 1. The summed E-state index contributed by atoms with van der Waals surface area (Å²) < 4.78 is 1.10. The average Bonchev–Trinajstić information content (AvgIpc) is 2.89. The van der Waals surface area contributed by atoms with Crippen molar-refractivity contribution < 1.29 is 4.79 Å². The van der Waals surface area contributed by atoms with Gasteiger partial charge in [-0.3, -0.25) is 10.1 Å². The van der Waals surface area contributed by atoms with Gasteiger partial charge in [-0.25, -0.2) is 4.98 Å². The van der Waals surface area contributed by atoms with Gasteiger partial charge in [-0.1, -0.05) is 55.5 Å². The molecule has 1 heterocycles. The zero-order valence-electron chi connectivity index (χ0n) is 12.9. The zero-order chi connectivity index (χ0) is 15.7. The van der Waals surface area contributed by atoms with Crippen LogP contribution in [0.2, 0.25) is 0 Å². The minimum Gasteiger partial charge on any atom is -0.298 e. The van der Waals surface area contributed by atoms with Gasteiger partial charge in [0.1, 0.15) is 0 Å². The van der Waals surface area contributed by atoms with Crippen LogP contribution < -0.4 is 5.32 Å². The van der Waals surface area contributed by atoms with Crippen molar-refractivity contribution in [3.8, 4) is 0 Å². The number of rotatable bonds is 3. The topological polar surface area (TPSA) is 42.0 Å². The van der Waals surface area contributed by atoms with Gasteiger partial charge in [0.15, 0.2) is 5.13 Å². The van der Waals surface area contributed by atoms with Gasteiger partial charge >= 0.3 is 0 Å². The SMILES string of the molecule is Cc1ccccc1C(=O)Nc1nc2c(C(C)C)cccc2s1. The van der Waals surface area contributed by atoms with Crippen LogP contribution >= 0.6 is 11.3 Å². The first-order valence-electron chi connectivity index (χ1n) is 7.32. The lowest BCUT2D eigenvalue weighted by Gasteiger charge is -2.05. The Balaban J connectivity index is 1.93. The van der Waals surface area contributed by atoms with E-state index in [4.69, 9.17) is 0 Å². The van der Waals surface area contributed by atoms with E-state index in [-0.39, 0.29) is 5.91 Å². The molecular weight excluding hydrogens is 292 g/mol. The molecule has 1 N–H and O–H groups in total. The van der Waals surface area contributed by atoms with Crippen LogP contribution in [0.5, 0.6) is 0 Å². The summed E-state index contributed by atoms with van der Waals surface area (Å²) in [5, 5.41) is 3.57. The third kappa shape index (κ3) is 2.74. The van der Waals surface area contributed by atoms with E-state index in [2.05, 4.69) is 30.2 Å². The maximum atomic E-state index is 12.4. The van der Waals surface area contributed by atoms with E-state index in [0.717, 1.165) is 15.8 Å². The number of carbonyl (C=O) groups is 1. The number of hydrogen-bond acceptors (Lipinski definition) is 3. The van der Waals surface area contributed by atoms with Crippen molar-refractivity contribution in [2.45, 2.75) is 26.7 Å². The Labute approximate surface area is 134 Å². The summed E-state index contributed by atoms with van der Waals surface area (Å²) in [6.07, 6.45) is 0. The molecule has 0 saturated carbocycles. The van der Waals surface area contributed by atoms with Crippen LogP contribution in [-0.4, -0.2) is 10.9 Å². The lowest BCUT2D eigenvalue weighted by molar-refractivity contribution is 0.102. The van der Waals surface area contributed by atoms with Gasteiger partial charge in [0.25, 0.3) is 5.91 Å². The Morgan fingerprint density at radius 3 is 2.64 bits per heavy atom. The van der Waals surface area contributed by atoms with Gasteiger partial charge in [0.2, 0.25) is 0 Å². The lowest BCUT2D eigenvalue weighted by atomic mass is 10.0. The molecule has 3 aromatic rings. The Morgan fingerprint density at radius 2 is 1.91 bits per heavy atom. The number of anilines is 1. The summed E-state index contributed by atoms with van der Waals surface area (Å²) in [6.45, 7) is 6.24. The van der Waals surface area contributed by atoms with Crippen LogP contribution in [0, 0.1) is 6.92 Å². The molecular formula is C18H18N2OS. The standard InChI is InChI=1S/C18H18N2OS/c1-11(2)13-9-6-10-15-16(13)19-18(22-15)20-17(21)14-8-5-4-7-12(14)3/h4-11H,1-3H3,(H,19,20,21). The number of aryl methyl sites for hydroxylation is 1. The van der Waals surface area contributed by atoms with Crippen molar-refractivity contribution in [2.75, 3.05) is 5.32 Å². The van der Waals surface area contributed by atoms with Gasteiger partial charge in [-0.15, -0.1) is 0 Å². The van der Waals surface area contributed by atoms with E-state index in [9.17, 15) is 4.79 Å². The van der Waals surface area contributed by atoms with Crippen LogP contribution in [0.15, 0.2) is 42.5 Å². The second-order valence-electron chi connectivity index (χ2n) is 5.64. The van der Waals surface area contributed by atoms with Gasteiger partial charge in [0.05, 0.1) is 10.2 Å². The molecule has 1 amide bonds. The van der Waals surface area contributed by atoms with E-state index in [1.54, 1.807) is 0 Å². The fraction of sp³-hybridized carbons (Fsp3) is 0.222. The number of nitrogens with zero attached hydrogens (tertiary/aromatic N) is 1. The van der Waals surface area contributed by atoms with Crippen LogP contribution in [0.25, 0.3) is 10.2 Å². The van der Waals surface area contributed by atoms with Crippen molar-refractivity contribution >= 4 is 32.6 Å². The summed E-state index contributed by atoms with van der Waals surface area (Å²) in [7, 11) is 0. The van der Waals surface area contributed by atoms with E-state index in [1.807, 2.05) is 43.3 Å². The molecule has 1 aromatic heterocycles. The first kappa shape index (κ1) is 14.7. The summed E-state index contributed by atoms with van der Waals surface area (Å²) >= 11 is 1.51. The van der Waals surface area contributed by atoms with E-state index in [1.165, 1.54) is 16.9 Å². The molecule has 0 fully saturated rings. The number of aromatic nitrogens is 1. The minimum absolute atomic E-state index is 0.108. The Morgan fingerprint density at radius 1 is 1.14 bits per heavy atom. The van der Waals surface area contributed by atoms with Gasteiger partial charge in [-0.2, -0.15) is 0 Å². The summed E-state index contributed by atoms with van der Waals surface area (Å²) in [6, 6.07) is 13.8. The smallest absolute Gasteiger partial charge is 0.257 e. The number of fused-ring (bicyclic) bond motifs is 1. The highest BCUT2D eigenvalue weighted by atomic mass is 32.1. The molecule has 0 radical (unpaired) electrons. The van der Waals surface area contributed by atoms with Crippen LogP contribution in [-0.2, 0) is 0 Å². The summed E-state index contributed by atoms with van der Waals surface area (Å²) in [5.74, 6) is 0.300.